The lowest BCUT2D eigenvalue weighted by Gasteiger charge is -2.43. The first-order chi connectivity index (χ1) is 9.32. The predicted octanol–water partition coefficient (Wildman–Crippen LogP) is 3.12. The number of hydrogen-bond donors (Lipinski definition) is 1. The fourth-order valence-corrected chi connectivity index (χ4v) is 3.30. The fraction of sp³-hybridized carbons (Fsp3) is 0.812. The summed E-state index contributed by atoms with van der Waals surface area (Å²) < 4.78 is 2.27. The van der Waals surface area contributed by atoms with Crippen LogP contribution in [0.1, 0.15) is 71.7 Å². The van der Waals surface area contributed by atoms with E-state index in [9.17, 15) is 0 Å². The van der Waals surface area contributed by atoms with E-state index >= 15 is 0 Å². The van der Waals surface area contributed by atoms with Gasteiger partial charge >= 0.3 is 0 Å². The lowest BCUT2D eigenvalue weighted by atomic mass is 9.96. The van der Waals surface area contributed by atoms with Gasteiger partial charge in [-0.2, -0.15) is 0 Å². The maximum absolute atomic E-state index is 6.54. The quantitative estimate of drug-likeness (QED) is 0.904. The molecule has 2 heterocycles. The summed E-state index contributed by atoms with van der Waals surface area (Å²) in [6.07, 6.45) is 7.50. The van der Waals surface area contributed by atoms with Crippen molar-refractivity contribution in [1.29, 1.82) is 0 Å². The number of nitrogens with zero attached hydrogens (tertiary/aromatic N) is 3. The van der Waals surface area contributed by atoms with E-state index in [1.807, 2.05) is 12.5 Å². The number of aromatic nitrogens is 2. The first kappa shape index (κ1) is 15.5. The van der Waals surface area contributed by atoms with Crippen molar-refractivity contribution in [2.45, 2.75) is 77.5 Å². The van der Waals surface area contributed by atoms with Crippen LogP contribution in [0, 0.1) is 0 Å². The Kier molecular flexibility index (Phi) is 4.55. The Balaban J connectivity index is 2.43. The summed E-state index contributed by atoms with van der Waals surface area (Å²) in [5, 5.41) is 0. The molecule has 0 saturated carbocycles. The molecule has 0 bridgehead atoms. The van der Waals surface area contributed by atoms with Crippen molar-refractivity contribution < 1.29 is 0 Å². The molecule has 114 valence electrons. The van der Waals surface area contributed by atoms with E-state index in [0.717, 1.165) is 13.0 Å². The molecule has 1 aliphatic heterocycles. The van der Waals surface area contributed by atoms with Gasteiger partial charge in [0, 0.05) is 23.8 Å². The largest absolute Gasteiger partial charge is 0.331 e. The Morgan fingerprint density at radius 3 is 2.60 bits per heavy atom. The molecule has 4 heteroatoms. The van der Waals surface area contributed by atoms with Gasteiger partial charge in [0.15, 0.2) is 0 Å². The average Bonchev–Trinajstić information content (AvgIpc) is 2.72. The summed E-state index contributed by atoms with van der Waals surface area (Å²) in [5.41, 5.74) is 7.94. The minimum atomic E-state index is 0.124. The Hall–Kier alpha value is -0.870. The van der Waals surface area contributed by atoms with Crippen molar-refractivity contribution >= 4 is 0 Å². The lowest BCUT2D eigenvalue weighted by Crippen LogP contribution is -2.49. The van der Waals surface area contributed by atoms with E-state index in [2.05, 4.69) is 49.1 Å². The maximum Gasteiger partial charge on any atom is 0.0951 e. The Morgan fingerprint density at radius 2 is 2.00 bits per heavy atom. The zero-order valence-electron chi connectivity index (χ0n) is 13.6. The monoisotopic (exact) mass is 278 g/mol. The molecule has 0 radical (unpaired) electrons. The lowest BCUT2D eigenvalue weighted by molar-refractivity contribution is 0.0706. The standard InChI is InChI=1S/C16H30N4/c1-12(2)19-11-18-10-14(19)15-13(17)8-6-7-9-20(15)16(3,4)5/h10-13,15H,6-9,17H2,1-5H3. The highest BCUT2D eigenvalue weighted by Gasteiger charge is 2.36. The van der Waals surface area contributed by atoms with Gasteiger partial charge in [0.2, 0.25) is 0 Å². The van der Waals surface area contributed by atoms with Crippen LogP contribution < -0.4 is 5.73 Å². The van der Waals surface area contributed by atoms with Gasteiger partial charge in [-0.3, -0.25) is 4.90 Å². The van der Waals surface area contributed by atoms with Crippen LogP contribution in [0.15, 0.2) is 12.5 Å². The van der Waals surface area contributed by atoms with Gasteiger partial charge in [0.05, 0.1) is 18.1 Å². The van der Waals surface area contributed by atoms with Crippen molar-refractivity contribution in [3.8, 4) is 0 Å². The Bertz CT molecular complexity index is 430. The molecule has 1 fully saturated rings. The first-order valence-corrected chi connectivity index (χ1v) is 7.86. The highest BCUT2D eigenvalue weighted by atomic mass is 15.3. The van der Waals surface area contributed by atoms with Crippen LogP contribution in [-0.4, -0.2) is 32.6 Å². The highest BCUT2D eigenvalue weighted by molar-refractivity contribution is 5.12. The smallest absolute Gasteiger partial charge is 0.0951 e. The summed E-state index contributed by atoms with van der Waals surface area (Å²) in [6.45, 7) is 12.4. The molecule has 1 aliphatic rings. The van der Waals surface area contributed by atoms with Gasteiger partial charge < -0.3 is 10.3 Å². The molecule has 1 aromatic heterocycles. The molecule has 1 saturated heterocycles. The second-order valence-corrected chi connectivity index (χ2v) is 7.29. The van der Waals surface area contributed by atoms with E-state index in [4.69, 9.17) is 5.73 Å². The molecule has 1 aromatic rings. The van der Waals surface area contributed by atoms with Gasteiger partial charge in [-0.15, -0.1) is 0 Å². The predicted molar refractivity (Wildman–Crippen MR) is 83.6 cm³/mol. The zero-order valence-corrected chi connectivity index (χ0v) is 13.6. The molecule has 0 aromatic carbocycles. The van der Waals surface area contributed by atoms with Crippen LogP contribution in [0.5, 0.6) is 0 Å². The minimum absolute atomic E-state index is 0.124. The van der Waals surface area contributed by atoms with E-state index in [1.54, 1.807) is 0 Å². The Morgan fingerprint density at radius 1 is 1.30 bits per heavy atom. The molecule has 2 unspecified atom stereocenters. The molecule has 0 spiro atoms. The molecule has 0 amide bonds. The summed E-state index contributed by atoms with van der Waals surface area (Å²) in [4.78, 5) is 6.95. The maximum atomic E-state index is 6.54. The summed E-state index contributed by atoms with van der Waals surface area (Å²) in [6, 6.07) is 0.873. The normalized spacial score (nSPS) is 25.9. The van der Waals surface area contributed by atoms with Crippen molar-refractivity contribution in [3.05, 3.63) is 18.2 Å². The second-order valence-electron chi connectivity index (χ2n) is 7.29. The SMILES string of the molecule is CC(C)n1cncc1C1C(N)CCCCN1C(C)(C)C. The second kappa shape index (κ2) is 5.86. The molecule has 0 aliphatic carbocycles. The van der Waals surface area contributed by atoms with Gasteiger partial charge in [-0.25, -0.2) is 4.98 Å². The Labute approximate surface area is 123 Å². The van der Waals surface area contributed by atoms with Crippen LogP contribution in [0.25, 0.3) is 0 Å². The third-order valence-electron chi connectivity index (χ3n) is 4.34. The van der Waals surface area contributed by atoms with Crippen LogP contribution in [0.3, 0.4) is 0 Å². The molecule has 2 rings (SSSR count). The number of rotatable bonds is 2. The third kappa shape index (κ3) is 3.07. The molecular formula is C16H30N4. The molecular weight excluding hydrogens is 248 g/mol. The van der Waals surface area contributed by atoms with Gasteiger partial charge in [0.1, 0.15) is 0 Å². The third-order valence-corrected chi connectivity index (χ3v) is 4.34. The topological polar surface area (TPSA) is 47.1 Å². The first-order valence-electron chi connectivity index (χ1n) is 7.86. The van der Waals surface area contributed by atoms with Gasteiger partial charge in [-0.1, -0.05) is 6.42 Å². The van der Waals surface area contributed by atoms with Crippen LogP contribution >= 0.6 is 0 Å². The van der Waals surface area contributed by atoms with Gasteiger partial charge in [-0.05, 0) is 54.0 Å². The van der Waals surface area contributed by atoms with E-state index < -0.39 is 0 Å². The van der Waals surface area contributed by atoms with Crippen LogP contribution in [0.4, 0.5) is 0 Å². The fourth-order valence-electron chi connectivity index (χ4n) is 3.30. The highest BCUT2D eigenvalue weighted by Crippen LogP contribution is 2.35. The molecule has 20 heavy (non-hydrogen) atoms. The van der Waals surface area contributed by atoms with E-state index in [-0.39, 0.29) is 17.6 Å². The van der Waals surface area contributed by atoms with Crippen LogP contribution in [0.2, 0.25) is 0 Å². The van der Waals surface area contributed by atoms with Gasteiger partial charge in [0.25, 0.3) is 0 Å². The van der Waals surface area contributed by atoms with Crippen molar-refractivity contribution in [3.63, 3.8) is 0 Å². The van der Waals surface area contributed by atoms with E-state index in [0.29, 0.717) is 6.04 Å². The zero-order chi connectivity index (χ0) is 14.9. The van der Waals surface area contributed by atoms with Crippen molar-refractivity contribution in [2.75, 3.05) is 6.54 Å². The summed E-state index contributed by atoms with van der Waals surface area (Å²) >= 11 is 0. The minimum Gasteiger partial charge on any atom is -0.331 e. The number of nitrogens with two attached hydrogens (primary N) is 1. The number of imidazole rings is 1. The van der Waals surface area contributed by atoms with E-state index in [1.165, 1.54) is 18.5 Å². The molecule has 2 atom stereocenters. The molecule has 2 N–H and O–H groups in total. The van der Waals surface area contributed by atoms with Crippen molar-refractivity contribution in [2.24, 2.45) is 5.73 Å². The van der Waals surface area contributed by atoms with Crippen molar-refractivity contribution in [1.82, 2.24) is 14.5 Å². The number of hydrogen-bond acceptors (Lipinski definition) is 3. The summed E-state index contributed by atoms with van der Waals surface area (Å²) in [5.74, 6) is 0. The number of likely N-dealkylation sites (tertiary alicyclic amines) is 1. The summed E-state index contributed by atoms with van der Waals surface area (Å²) in [7, 11) is 0. The molecule has 4 nitrogen and oxygen atoms in total. The average molecular weight is 278 g/mol. The van der Waals surface area contributed by atoms with Crippen LogP contribution in [-0.2, 0) is 0 Å².